The van der Waals surface area contributed by atoms with Gasteiger partial charge in [0.2, 0.25) is 0 Å². The summed E-state index contributed by atoms with van der Waals surface area (Å²) in [6, 6.07) is 7.39. The Bertz CT molecular complexity index is 360. The van der Waals surface area contributed by atoms with Gasteiger partial charge in [-0.1, -0.05) is 37.3 Å². The Morgan fingerprint density at radius 2 is 1.47 bits per heavy atom. The summed E-state index contributed by atoms with van der Waals surface area (Å²) in [5.74, 6) is -6.43. The van der Waals surface area contributed by atoms with Crippen LogP contribution >= 0.6 is 0 Å². The van der Waals surface area contributed by atoms with Gasteiger partial charge in [-0.3, -0.25) is 0 Å². The standard InChI is InChI=1S/C11H11F5O/c1-7(8-5-3-2-4-6-8)9(17)10(12,13)11(14,15)16/h2-7,9,17H,1H3. The van der Waals surface area contributed by atoms with Crippen LogP contribution in [0.3, 0.4) is 0 Å². The summed E-state index contributed by atoms with van der Waals surface area (Å²) >= 11 is 0. The molecule has 0 aliphatic carbocycles. The number of aliphatic hydroxyl groups excluding tert-OH is 1. The van der Waals surface area contributed by atoms with Crippen molar-refractivity contribution in [3.63, 3.8) is 0 Å². The zero-order valence-corrected chi connectivity index (χ0v) is 8.88. The molecule has 0 radical (unpaired) electrons. The van der Waals surface area contributed by atoms with Gasteiger partial charge in [-0.15, -0.1) is 0 Å². The molecule has 0 heterocycles. The maximum atomic E-state index is 12.9. The highest BCUT2D eigenvalue weighted by Gasteiger charge is 2.63. The van der Waals surface area contributed by atoms with Crippen LogP contribution in [-0.2, 0) is 0 Å². The lowest BCUT2D eigenvalue weighted by atomic mass is 9.91. The first-order chi connectivity index (χ1) is 7.68. The highest BCUT2D eigenvalue weighted by molar-refractivity contribution is 5.21. The maximum Gasteiger partial charge on any atom is 0.456 e. The van der Waals surface area contributed by atoms with E-state index in [9.17, 15) is 22.0 Å². The normalized spacial score (nSPS) is 16.6. The van der Waals surface area contributed by atoms with Gasteiger partial charge >= 0.3 is 12.1 Å². The van der Waals surface area contributed by atoms with Crippen LogP contribution < -0.4 is 0 Å². The third-order valence-corrected chi connectivity index (χ3v) is 2.55. The lowest BCUT2D eigenvalue weighted by Crippen LogP contribution is -2.49. The lowest BCUT2D eigenvalue weighted by molar-refractivity contribution is -0.315. The van der Waals surface area contributed by atoms with E-state index in [1.165, 1.54) is 24.3 Å². The summed E-state index contributed by atoms with van der Waals surface area (Å²) in [6.45, 7) is 1.12. The van der Waals surface area contributed by atoms with Crippen LogP contribution in [0.1, 0.15) is 18.4 Å². The second kappa shape index (κ2) is 4.60. The van der Waals surface area contributed by atoms with E-state index in [-0.39, 0.29) is 5.56 Å². The van der Waals surface area contributed by atoms with Crippen LogP contribution in [0, 0.1) is 0 Å². The van der Waals surface area contributed by atoms with Gasteiger partial charge in [-0.2, -0.15) is 22.0 Å². The molecule has 0 saturated carbocycles. The number of benzene rings is 1. The molecule has 1 aromatic rings. The number of aliphatic hydroxyl groups is 1. The quantitative estimate of drug-likeness (QED) is 0.820. The Morgan fingerprint density at radius 3 is 1.88 bits per heavy atom. The van der Waals surface area contributed by atoms with E-state index >= 15 is 0 Å². The Labute approximate surface area is 94.9 Å². The van der Waals surface area contributed by atoms with Gasteiger partial charge < -0.3 is 5.11 Å². The molecule has 2 atom stereocenters. The fourth-order valence-electron chi connectivity index (χ4n) is 1.42. The minimum Gasteiger partial charge on any atom is -0.386 e. The van der Waals surface area contributed by atoms with Crippen molar-refractivity contribution in [3.05, 3.63) is 35.9 Å². The third-order valence-electron chi connectivity index (χ3n) is 2.55. The second-order valence-corrected chi connectivity index (χ2v) is 3.76. The highest BCUT2D eigenvalue weighted by atomic mass is 19.4. The first-order valence-electron chi connectivity index (χ1n) is 4.85. The van der Waals surface area contributed by atoms with Crippen LogP contribution in [0.5, 0.6) is 0 Å². The molecule has 0 aliphatic rings. The van der Waals surface area contributed by atoms with Crippen molar-refractivity contribution in [3.8, 4) is 0 Å². The molecule has 1 N–H and O–H groups in total. The Morgan fingerprint density at radius 1 is 1.00 bits per heavy atom. The SMILES string of the molecule is CC(c1ccccc1)C(O)C(F)(F)C(F)(F)F. The molecule has 1 aromatic carbocycles. The fourth-order valence-corrected chi connectivity index (χ4v) is 1.42. The van der Waals surface area contributed by atoms with Crippen molar-refractivity contribution in [2.24, 2.45) is 0 Å². The van der Waals surface area contributed by atoms with Gasteiger partial charge in [0.15, 0.2) is 0 Å². The summed E-state index contributed by atoms with van der Waals surface area (Å²) in [5, 5.41) is 9.16. The topological polar surface area (TPSA) is 20.2 Å². The molecule has 1 rings (SSSR count). The molecule has 0 fully saturated rings. The average molecular weight is 254 g/mol. The van der Waals surface area contributed by atoms with E-state index in [1.807, 2.05) is 0 Å². The van der Waals surface area contributed by atoms with Gasteiger partial charge in [0, 0.05) is 5.92 Å². The zero-order chi connectivity index (χ0) is 13.3. The molecule has 0 bridgehead atoms. The zero-order valence-electron chi connectivity index (χ0n) is 8.88. The predicted octanol–water partition coefficient (Wildman–Crippen LogP) is 3.35. The molecule has 2 unspecified atom stereocenters. The van der Waals surface area contributed by atoms with Crippen molar-refractivity contribution < 1.29 is 27.1 Å². The number of hydrogen-bond donors (Lipinski definition) is 1. The predicted molar refractivity (Wildman–Crippen MR) is 51.9 cm³/mol. The Balaban J connectivity index is 2.95. The van der Waals surface area contributed by atoms with Crippen molar-refractivity contribution >= 4 is 0 Å². The number of alkyl halides is 5. The number of rotatable bonds is 3. The first kappa shape index (κ1) is 13.9. The smallest absolute Gasteiger partial charge is 0.386 e. The molecular weight excluding hydrogens is 243 g/mol. The summed E-state index contributed by atoms with van der Waals surface area (Å²) in [6.07, 6.45) is -8.56. The highest BCUT2D eigenvalue weighted by Crippen LogP contribution is 2.42. The first-order valence-corrected chi connectivity index (χ1v) is 4.85. The number of hydrogen-bond acceptors (Lipinski definition) is 1. The minimum absolute atomic E-state index is 0.226. The van der Waals surface area contributed by atoms with Gasteiger partial charge in [-0.05, 0) is 5.56 Å². The van der Waals surface area contributed by atoms with Gasteiger partial charge in [0.1, 0.15) is 6.10 Å². The molecule has 0 saturated heterocycles. The molecule has 1 nitrogen and oxygen atoms in total. The van der Waals surface area contributed by atoms with Crippen LogP contribution in [0.4, 0.5) is 22.0 Å². The van der Waals surface area contributed by atoms with Gasteiger partial charge in [0.25, 0.3) is 0 Å². The average Bonchev–Trinajstić information content (AvgIpc) is 2.26. The van der Waals surface area contributed by atoms with E-state index in [1.54, 1.807) is 6.07 Å². The monoisotopic (exact) mass is 254 g/mol. The minimum atomic E-state index is -5.75. The molecule has 0 amide bonds. The summed E-state index contributed by atoms with van der Waals surface area (Å²) in [5.41, 5.74) is 0.226. The molecule has 0 aliphatic heterocycles. The molecule has 6 heteroatoms. The van der Waals surface area contributed by atoms with E-state index < -0.39 is 24.1 Å². The summed E-state index contributed by atoms with van der Waals surface area (Å²) < 4.78 is 61.9. The fraction of sp³-hybridized carbons (Fsp3) is 0.455. The number of halogens is 5. The van der Waals surface area contributed by atoms with Crippen molar-refractivity contribution in [2.75, 3.05) is 0 Å². The largest absolute Gasteiger partial charge is 0.456 e. The van der Waals surface area contributed by atoms with Gasteiger partial charge in [-0.25, -0.2) is 0 Å². The van der Waals surface area contributed by atoms with E-state index in [2.05, 4.69) is 0 Å². The third kappa shape index (κ3) is 2.74. The summed E-state index contributed by atoms with van der Waals surface area (Å²) in [7, 11) is 0. The van der Waals surface area contributed by atoms with Gasteiger partial charge in [0.05, 0.1) is 0 Å². The van der Waals surface area contributed by atoms with Crippen molar-refractivity contribution in [1.29, 1.82) is 0 Å². The Kier molecular flexibility index (Phi) is 3.76. The van der Waals surface area contributed by atoms with E-state index in [4.69, 9.17) is 5.11 Å². The molecular formula is C11H11F5O. The van der Waals surface area contributed by atoms with Crippen LogP contribution in [0.2, 0.25) is 0 Å². The molecule has 17 heavy (non-hydrogen) atoms. The van der Waals surface area contributed by atoms with Crippen LogP contribution in [0.25, 0.3) is 0 Å². The molecule has 96 valence electrons. The molecule has 0 spiro atoms. The Hall–Kier alpha value is -1.17. The van der Waals surface area contributed by atoms with Crippen LogP contribution in [0.15, 0.2) is 30.3 Å². The van der Waals surface area contributed by atoms with Crippen LogP contribution in [-0.4, -0.2) is 23.3 Å². The second-order valence-electron chi connectivity index (χ2n) is 3.76. The lowest BCUT2D eigenvalue weighted by Gasteiger charge is -2.29. The maximum absolute atomic E-state index is 12.9. The van der Waals surface area contributed by atoms with E-state index in [0.29, 0.717) is 0 Å². The molecule has 0 aromatic heterocycles. The van der Waals surface area contributed by atoms with Crippen molar-refractivity contribution in [2.45, 2.75) is 31.0 Å². The van der Waals surface area contributed by atoms with E-state index in [0.717, 1.165) is 6.92 Å². The summed E-state index contributed by atoms with van der Waals surface area (Å²) in [4.78, 5) is 0. The van der Waals surface area contributed by atoms with Crippen molar-refractivity contribution in [1.82, 2.24) is 0 Å².